The summed E-state index contributed by atoms with van der Waals surface area (Å²) in [7, 11) is 0. The van der Waals surface area contributed by atoms with Crippen LogP contribution in [0.3, 0.4) is 0 Å². The summed E-state index contributed by atoms with van der Waals surface area (Å²) < 4.78 is 19.4. The number of rotatable bonds is 8. The summed E-state index contributed by atoms with van der Waals surface area (Å²) in [5, 5.41) is 9.69. The molecule has 0 unspecified atom stereocenters. The lowest BCUT2D eigenvalue weighted by Crippen LogP contribution is -2.28. The fourth-order valence-electron chi connectivity index (χ4n) is 2.12. The van der Waals surface area contributed by atoms with E-state index in [0.717, 1.165) is 30.6 Å². The molecule has 0 heterocycles. The van der Waals surface area contributed by atoms with Crippen molar-refractivity contribution in [1.29, 1.82) is 0 Å². The molecule has 1 N–H and O–H groups in total. The fraction of sp³-hybridized carbons (Fsp3) is 0.619. The zero-order chi connectivity index (χ0) is 19.5. The van der Waals surface area contributed by atoms with Gasteiger partial charge in [-0.05, 0) is 56.6 Å². The third-order valence-electron chi connectivity index (χ3n) is 3.44. The minimum atomic E-state index is -0.974. The van der Waals surface area contributed by atoms with Crippen LogP contribution in [-0.2, 0) is 4.75 Å². The van der Waals surface area contributed by atoms with E-state index in [0.29, 0.717) is 0 Å². The quantitative estimate of drug-likeness (QED) is 0.428. The van der Waals surface area contributed by atoms with Crippen LogP contribution in [0.15, 0.2) is 30.9 Å². The van der Waals surface area contributed by atoms with Gasteiger partial charge in [0.2, 0.25) is 0 Å². The molecule has 0 amide bonds. The maximum atomic E-state index is 13.8. The lowest BCUT2D eigenvalue weighted by atomic mass is 10.1. The molecule has 0 saturated heterocycles. The topological polar surface area (TPSA) is 29.5 Å². The van der Waals surface area contributed by atoms with Crippen LogP contribution in [-0.4, -0.2) is 23.1 Å². The van der Waals surface area contributed by atoms with Gasteiger partial charge in [-0.15, -0.1) is 6.58 Å². The van der Waals surface area contributed by atoms with Crippen LogP contribution in [0.4, 0.5) is 4.39 Å². The third kappa shape index (κ3) is 8.28. The molecule has 0 aliphatic heterocycles. The molecular formula is C21H35FO2S. The SMILES string of the molecule is C=CCCSC1(c2ccc(F)c(OCC(C)(C)O)c2)CC1.CC.CC. The van der Waals surface area contributed by atoms with Crippen molar-refractivity contribution < 1.29 is 14.2 Å². The van der Waals surface area contributed by atoms with Gasteiger partial charge in [-0.3, -0.25) is 0 Å². The predicted octanol–water partition coefficient (Wildman–Crippen LogP) is 6.33. The molecule has 1 saturated carbocycles. The second-order valence-corrected chi connectivity index (χ2v) is 7.64. The molecule has 1 fully saturated rings. The number of thioether (sulfide) groups is 1. The van der Waals surface area contributed by atoms with E-state index in [9.17, 15) is 9.50 Å². The minimum Gasteiger partial charge on any atom is -0.488 e. The number of hydrogen-bond donors (Lipinski definition) is 1. The summed E-state index contributed by atoms with van der Waals surface area (Å²) in [5.74, 6) is 0.876. The normalized spacial score (nSPS) is 14.4. The van der Waals surface area contributed by atoms with Crippen molar-refractivity contribution >= 4 is 11.8 Å². The van der Waals surface area contributed by atoms with E-state index < -0.39 is 5.60 Å². The zero-order valence-corrected chi connectivity index (χ0v) is 17.5. The van der Waals surface area contributed by atoms with Crippen molar-refractivity contribution in [2.75, 3.05) is 12.4 Å². The van der Waals surface area contributed by atoms with Crippen LogP contribution in [0.1, 0.15) is 66.4 Å². The highest BCUT2D eigenvalue weighted by molar-refractivity contribution is 8.00. The molecule has 1 aromatic rings. The Morgan fingerprint density at radius 1 is 1.28 bits per heavy atom. The monoisotopic (exact) mass is 370 g/mol. The van der Waals surface area contributed by atoms with Crippen molar-refractivity contribution in [1.82, 2.24) is 0 Å². The minimum absolute atomic E-state index is 0.0734. The largest absolute Gasteiger partial charge is 0.488 e. The maximum absolute atomic E-state index is 13.8. The molecule has 0 aromatic heterocycles. The molecule has 144 valence electrons. The molecule has 1 aliphatic carbocycles. The van der Waals surface area contributed by atoms with E-state index in [1.807, 2.05) is 51.6 Å². The number of allylic oxidation sites excluding steroid dienone is 1. The van der Waals surface area contributed by atoms with E-state index in [1.54, 1.807) is 19.9 Å². The first-order chi connectivity index (χ1) is 11.9. The van der Waals surface area contributed by atoms with E-state index in [1.165, 1.54) is 6.07 Å². The Morgan fingerprint density at radius 3 is 2.36 bits per heavy atom. The first-order valence-corrected chi connectivity index (χ1v) is 10.2. The van der Waals surface area contributed by atoms with Crippen LogP contribution < -0.4 is 4.74 Å². The van der Waals surface area contributed by atoms with Gasteiger partial charge in [-0.2, -0.15) is 11.8 Å². The Morgan fingerprint density at radius 2 is 1.88 bits per heavy atom. The van der Waals surface area contributed by atoms with E-state index in [-0.39, 0.29) is 22.9 Å². The van der Waals surface area contributed by atoms with Crippen molar-refractivity contribution in [3.8, 4) is 5.75 Å². The smallest absolute Gasteiger partial charge is 0.165 e. The highest BCUT2D eigenvalue weighted by Gasteiger charge is 2.44. The van der Waals surface area contributed by atoms with Crippen molar-refractivity contribution in [2.24, 2.45) is 0 Å². The lowest BCUT2D eigenvalue weighted by Gasteiger charge is -2.20. The molecule has 1 aromatic carbocycles. The molecule has 1 aliphatic rings. The first-order valence-electron chi connectivity index (χ1n) is 9.26. The van der Waals surface area contributed by atoms with Gasteiger partial charge in [-0.25, -0.2) is 4.39 Å². The summed E-state index contributed by atoms with van der Waals surface area (Å²) in [5.41, 5.74) is 0.141. The first kappa shape index (κ1) is 24.0. The summed E-state index contributed by atoms with van der Waals surface area (Å²) in [4.78, 5) is 0. The van der Waals surface area contributed by atoms with Crippen LogP contribution in [0.25, 0.3) is 0 Å². The number of ether oxygens (including phenoxy) is 1. The Bertz CT molecular complexity index is 505. The van der Waals surface area contributed by atoms with Gasteiger partial charge >= 0.3 is 0 Å². The summed E-state index contributed by atoms with van der Waals surface area (Å²) >= 11 is 1.91. The number of benzene rings is 1. The van der Waals surface area contributed by atoms with Gasteiger partial charge in [0.05, 0.1) is 5.60 Å². The highest BCUT2D eigenvalue weighted by atomic mass is 32.2. The fourth-order valence-corrected chi connectivity index (χ4v) is 3.48. The van der Waals surface area contributed by atoms with Gasteiger partial charge in [0.15, 0.2) is 11.6 Å². The van der Waals surface area contributed by atoms with Crippen LogP contribution in [0, 0.1) is 5.82 Å². The van der Waals surface area contributed by atoms with Crippen molar-refractivity contribution in [3.63, 3.8) is 0 Å². The Balaban J connectivity index is 0.00000134. The Labute approximate surface area is 157 Å². The average molecular weight is 371 g/mol. The standard InChI is InChI=1S/C17H23FO2S.2C2H6/c1-4-5-10-21-17(8-9-17)13-6-7-14(18)15(11-13)20-12-16(2,3)19;2*1-2/h4,6-7,11,19H,1,5,8-10,12H2,2-3H3;2*1-2H3. The molecule has 2 rings (SSSR count). The Kier molecular flexibility index (Phi) is 11.1. The maximum Gasteiger partial charge on any atom is 0.165 e. The number of hydrogen-bond acceptors (Lipinski definition) is 3. The number of halogens is 1. The summed E-state index contributed by atoms with van der Waals surface area (Å²) in [6, 6.07) is 5.10. The average Bonchev–Trinajstić information content (AvgIpc) is 3.38. The zero-order valence-electron chi connectivity index (χ0n) is 16.7. The van der Waals surface area contributed by atoms with Crippen LogP contribution >= 0.6 is 11.8 Å². The van der Waals surface area contributed by atoms with Gasteiger partial charge < -0.3 is 9.84 Å². The Hall–Kier alpha value is -1.00. The van der Waals surface area contributed by atoms with Gasteiger partial charge in [0.25, 0.3) is 0 Å². The molecule has 0 spiro atoms. The second kappa shape index (κ2) is 11.6. The lowest BCUT2D eigenvalue weighted by molar-refractivity contribution is 0.0271. The summed E-state index contributed by atoms with van der Waals surface area (Å²) in [6.45, 7) is 15.1. The highest BCUT2D eigenvalue weighted by Crippen LogP contribution is 2.57. The molecule has 0 bridgehead atoms. The molecule has 0 atom stereocenters. The summed E-state index contributed by atoms with van der Waals surface area (Å²) in [6.07, 6.45) is 5.14. The van der Waals surface area contributed by atoms with Gasteiger partial charge in [0.1, 0.15) is 6.61 Å². The second-order valence-electron chi connectivity index (χ2n) is 6.17. The van der Waals surface area contributed by atoms with E-state index in [4.69, 9.17) is 4.74 Å². The molecule has 2 nitrogen and oxygen atoms in total. The van der Waals surface area contributed by atoms with E-state index >= 15 is 0 Å². The van der Waals surface area contributed by atoms with E-state index in [2.05, 4.69) is 6.58 Å². The third-order valence-corrected chi connectivity index (χ3v) is 5.08. The molecule has 25 heavy (non-hydrogen) atoms. The van der Waals surface area contributed by atoms with Gasteiger partial charge in [0, 0.05) is 4.75 Å². The van der Waals surface area contributed by atoms with Crippen molar-refractivity contribution in [2.45, 2.75) is 71.2 Å². The molecular weight excluding hydrogens is 335 g/mol. The van der Waals surface area contributed by atoms with Crippen LogP contribution in [0.2, 0.25) is 0 Å². The number of aliphatic hydroxyl groups is 1. The van der Waals surface area contributed by atoms with Crippen molar-refractivity contribution in [3.05, 3.63) is 42.2 Å². The van der Waals surface area contributed by atoms with Crippen LogP contribution in [0.5, 0.6) is 5.75 Å². The molecule has 4 heteroatoms. The molecule has 0 radical (unpaired) electrons. The van der Waals surface area contributed by atoms with Gasteiger partial charge in [-0.1, -0.05) is 39.8 Å². The predicted molar refractivity (Wildman–Crippen MR) is 109 cm³/mol.